The van der Waals surface area contributed by atoms with Gasteiger partial charge in [0.15, 0.2) is 0 Å². The molecule has 0 amide bonds. The highest BCUT2D eigenvalue weighted by Crippen LogP contribution is 2.02. The minimum Gasteiger partial charge on any atom is -0.313 e. The largest absolute Gasteiger partial charge is 0.313 e. The standard InChI is InChI=1S/C6H7IN2/c7-9-8-6-4-2-1-3-5-6/h1-5,8-9H. The summed E-state index contributed by atoms with van der Waals surface area (Å²) in [6.45, 7) is 0. The number of hydrazine groups is 1. The first-order valence-electron chi connectivity index (χ1n) is 2.60. The molecule has 48 valence electrons. The molecule has 0 aliphatic heterocycles. The van der Waals surface area contributed by atoms with Crippen LogP contribution in [0.25, 0.3) is 0 Å². The van der Waals surface area contributed by atoms with Gasteiger partial charge in [-0.1, -0.05) is 18.2 Å². The normalized spacial score (nSPS) is 9.00. The minimum absolute atomic E-state index is 1.08. The Morgan fingerprint density at radius 2 is 1.78 bits per heavy atom. The fraction of sp³-hybridized carbons (Fsp3) is 0. The second-order valence-electron chi connectivity index (χ2n) is 1.59. The van der Waals surface area contributed by atoms with Crippen molar-refractivity contribution in [3.63, 3.8) is 0 Å². The maximum Gasteiger partial charge on any atom is 0.0495 e. The predicted octanol–water partition coefficient (Wildman–Crippen LogP) is 1.95. The van der Waals surface area contributed by atoms with E-state index in [1.54, 1.807) is 0 Å². The van der Waals surface area contributed by atoms with Crippen LogP contribution in [0.3, 0.4) is 0 Å². The smallest absolute Gasteiger partial charge is 0.0495 e. The Balaban J connectivity index is 2.61. The lowest BCUT2D eigenvalue weighted by Crippen LogP contribution is -2.06. The molecule has 0 aliphatic carbocycles. The van der Waals surface area contributed by atoms with Crippen molar-refractivity contribution in [2.75, 3.05) is 5.43 Å². The van der Waals surface area contributed by atoms with Crippen LogP contribution in [0, 0.1) is 0 Å². The van der Waals surface area contributed by atoms with Crippen LogP contribution in [0.5, 0.6) is 0 Å². The molecule has 1 aromatic carbocycles. The van der Waals surface area contributed by atoms with Crippen molar-refractivity contribution < 1.29 is 0 Å². The van der Waals surface area contributed by atoms with E-state index in [2.05, 4.69) is 9.06 Å². The molecule has 2 N–H and O–H groups in total. The van der Waals surface area contributed by atoms with Crippen molar-refractivity contribution in [1.29, 1.82) is 0 Å². The van der Waals surface area contributed by atoms with Crippen LogP contribution in [0.15, 0.2) is 30.3 Å². The molecular formula is C6H7IN2. The average Bonchev–Trinajstić information content (AvgIpc) is 1.91. The molecule has 0 spiro atoms. The SMILES string of the molecule is INNc1ccccc1. The fourth-order valence-electron chi connectivity index (χ4n) is 0.576. The van der Waals surface area contributed by atoms with Gasteiger partial charge in [0, 0.05) is 28.6 Å². The van der Waals surface area contributed by atoms with Crippen LogP contribution in [-0.4, -0.2) is 0 Å². The Hall–Kier alpha value is -0.290. The third-order valence-electron chi connectivity index (χ3n) is 0.965. The van der Waals surface area contributed by atoms with Gasteiger partial charge in [-0.2, -0.15) is 3.64 Å². The van der Waals surface area contributed by atoms with Gasteiger partial charge in [-0.15, -0.1) is 0 Å². The van der Waals surface area contributed by atoms with Crippen molar-refractivity contribution in [1.82, 2.24) is 3.64 Å². The topological polar surface area (TPSA) is 24.1 Å². The Morgan fingerprint density at radius 1 is 1.11 bits per heavy atom. The fourth-order valence-corrected chi connectivity index (χ4v) is 0.887. The summed E-state index contributed by atoms with van der Waals surface area (Å²) in [7, 11) is 0. The molecule has 0 radical (unpaired) electrons. The number of para-hydroxylation sites is 1. The number of rotatable bonds is 2. The average molecular weight is 234 g/mol. The van der Waals surface area contributed by atoms with Crippen LogP contribution in [0.2, 0.25) is 0 Å². The Bertz CT molecular complexity index is 164. The number of benzene rings is 1. The van der Waals surface area contributed by atoms with E-state index in [1.807, 2.05) is 53.2 Å². The van der Waals surface area contributed by atoms with E-state index in [1.165, 1.54) is 0 Å². The van der Waals surface area contributed by atoms with E-state index in [-0.39, 0.29) is 0 Å². The van der Waals surface area contributed by atoms with Crippen LogP contribution >= 0.6 is 22.9 Å². The molecule has 0 heterocycles. The number of nitrogens with one attached hydrogen (secondary N) is 2. The van der Waals surface area contributed by atoms with Gasteiger partial charge < -0.3 is 5.43 Å². The van der Waals surface area contributed by atoms with Crippen molar-refractivity contribution in [2.24, 2.45) is 0 Å². The summed E-state index contributed by atoms with van der Waals surface area (Å²) in [4.78, 5) is 0. The molecule has 0 atom stereocenters. The number of halogens is 1. The third-order valence-corrected chi connectivity index (χ3v) is 1.24. The lowest BCUT2D eigenvalue weighted by Gasteiger charge is -1.99. The van der Waals surface area contributed by atoms with Gasteiger partial charge in [0.25, 0.3) is 0 Å². The maximum atomic E-state index is 2.94. The summed E-state index contributed by atoms with van der Waals surface area (Å²) in [5.74, 6) is 0. The van der Waals surface area contributed by atoms with Crippen LogP contribution < -0.4 is 9.06 Å². The summed E-state index contributed by atoms with van der Waals surface area (Å²) < 4.78 is 2.80. The number of anilines is 1. The van der Waals surface area contributed by atoms with Gasteiger partial charge in [-0.25, -0.2) is 0 Å². The van der Waals surface area contributed by atoms with E-state index in [0.717, 1.165) is 5.69 Å². The van der Waals surface area contributed by atoms with Gasteiger partial charge in [0.2, 0.25) is 0 Å². The van der Waals surface area contributed by atoms with Crippen LogP contribution in [-0.2, 0) is 0 Å². The van der Waals surface area contributed by atoms with E-state index in [0.29, 0.717) is 0 Å². The van der Waals surface area contributed by atoms with Gasteiger partial charge in [0.05, 0.1) is 0 Å². The molecule has 2 nitrogen and oxygen atoms in total. The molecule has 0 unspecified atom stereocenters. The van der Waals surface area contributed by atoms with E-state index < -0.39 is 0 Å². The lowest BCUT2D eigenvalue weighted by atomic mass is 10.3. The first-order valence-corrected chi connectivity index (χ1v) is 3.68. The Labute approximate surface area is 68.1 Å². The summed E-state index contributed by atoms with van der Waals surface area (Å²) in [5, 5.41) is 0. The second kappa shape index (κ2) is 3.68. The molecule has 1 rings (SSSR count). The highest BCUT2D eigenvalue weighted by Gasteiger charge is 1.81. The monoisotopic (exact) mass is 234 g/mol. The number of hydrogen-bond donors (Lipinski definition) is 2. The summed E-state index contributed by atoms with van der Waals surface area (Å²) >= 11 is 2.03. The van der Waals surface area contributed by atoms with Gasteiger partial charge in [0.1, 0.15) is 0 Å². The number of hydrogen-bond acceptors (Lipinski definition) is 2. The van der Waals surface area contributed by atoms with Gasteiger partial charge in [-0.3, -0.25) is 0 Å². The van der Waals surface area contributed by atoms with Crippen LogP contribution in [0.4, 0.5) is 5.69 Å². The zero-order valence-electron chi connectivity index (χ0n) is 4.76. The highest BCUT2D eigenvalue weighted by atomic mass is 127. The zero-order chi connectivity index (χ0) is 6.53. The first-order chi connectivity index (χ1) is 4.43. The molecular weight excluding hydrogens is 227 g/mol. The molecule has 0 saturated heterocycles. The van der Waals surface area contributed by atoms with Crippen molar-refractivity contribution in [2.45, 2.75) is 0 Å². The van der Waals surface area contributed by atoms with Crippen LogP contribution in [0.1, 0.15) is 0 Å². The molecule has 3 heteroatoms. The minimum atomic E-state index is 1.08. The molecule has 0 aromatic heterocycles. The molecule has 9 heavy (non-hydrogen) atoms. The maximum absolute atomic E-state index is 2.94. The Morgan fingerprint density at radius 3 is 2.33 bits per heavy atom. The van der Waals surface area contributed by atoms with E-state index >= 15 is 0 Å². The zero-order valence-corrected chi connectivity index (χ0v) is 6.92. The highest BCUT2D eigenvalue weighted by molar-refractivity contribution is 14.1. The summed E-state index contributed by atoms with van der Waals surface area (Å²) in [6, 6.07) is 9.93. The van der Waals surface area contributed by atoms with Crippen molar-refractivity contribution in [3.05, 3.63) is 30.3 Å². The lowest BCUT2D eigenvalue weighted by molar-refractivity contribution is 1.27. The molecule has 0 bridgehead atoms. The summed E-state index contributed by atoms with van der Waals surface area (Å²) in [5.41, 5.74) is 4.02. The van der Waals surface area contributed by atoms with Gasteiger partial charge in [-0.05, 0) is 12.1 Å². The third kappa shape index (κ3) is 2.19. The molecule has 0 saturated carbocycles. The molecule has 0 aliphatic rings. The van der Waals surface area contributed by atoms with Gasteiger partial charge >= 0.3 is 0 Å². The van der Waals surface area contributed by atoms with E-state index in [4.69, 9.17) is 0 Å². The summed E-state index contributed by atoms with van der Waals surface area (Å²) in [6.07, 6.45) is 0. The molecule has 0 fully saturated rings. The first kappa shape index (κ1) is 6.82. The Kier molecular flexibility index (Phi) is 2.79. The predicted molar refractivity (Wildman–Crippen MR) is 47.2 cm³/mol. The van der Waals surface area contributed by atoms with E-state index in [9.17, 15) is 0 Å². The quantitative estimate of drug-likeness (QED) is 0.464. The van der Waals surface area contributed by atoms with Crippen molar-refractivity contribution in [3.8, 4) is 0 Å². The second-order valence-corrected chi connectivity index (χ2v) is 2.12. The van der Waals surface area contributed by atoms with Crippen molar-refractivity contribution >= 4 is 28.6 Å². The molecule has 1 aromatic rings.